The van der Waals surface area contributed by atoms with Gasteiger partial charge in [0.25, 0.3) is 0 Å². The summed E-state index contributed by atoms with van der Waals surface area (Å²) < 4.78 is 6.37. The SMILES string of the molecule is COCc1nn(-c2cc(C)ncn2)c(Cl)c1C=O. The predicted octanol–water partition coefficient (Wildman–Crippen LogP) is 1.58. The maximum Gasteiger partial charge on any atom is 0.158 e. The molecule has 0 bridgehead atoms. The maximum absolute atomic E-state index is 11.0. The molecule has 0 radical (unpaired) electrons. The van der Waals surface area contributed by atoms with Crippen molar-refractivity contribution >= 4 is 17.9 Å². The molecule has 2 aromatic heterocycles. The lowest BCUT2D eigenvalue weighted by Crippen LogP contribution is -2.02. The molecule has 7 heteroatoms. The van der Waals surface area contributed by atoms with Crippen molar-refractivity contribution in [1.82, 2.24) is 19.7 Å². The second kappa shape index (κ2) is 5.24. The van der Waals surface area contributed by atoms with Crippen molar-refractivity contribution < 1.29 is 9.53 Å². The second-order valence-electron chi connectivity index (χ2n) is 3.63. The average molecular weight is 267 g/mol. The van der Waals surface area contributed by atoms with E-state index in [0.29, 0.717) is 23.4 Å². The number of hydrogen-bond donors (Lipinski definition) is 0. The summed E-state index contributed by atoms with van der Waals surface area (Å²) in [5.74, 6) is 0.512. The van der Waals surface area contributed by atoms with Gasteiger partial charge in [0.05, 0.1) is 12.2 Å². The summed E-state index contributed by atoms with van der Waals surface area (Å²) in [6, 6.07) is 1.73. The third-order valence-corrected chi connectivity index (χ3v) is 2.71. The van der Waals surface area contributed by atoms with Crippen molar-refractivity contribution in [3.05, 3.63) is 34.5 Å². The summed E-state index contributed by atoms with van der Waals surface area (Å²) in [7, 11) is 1.52. The molecule has 18 heavy (non-hydrogen) atoms. The molecule has 0 aliphatic carbocycles. The fraction of sp³-hybridized carbons (Fsp3) is 0.273. The Morgan fingerprint density at radius 2 is 2.28 bits per heavy atom. The molecule has 94 valence electrons. The van der Waals surface area contributed by atoms with E-state index in [1.807, 2.05) is 6.92 Å². The lowest BCUT2D eigenvalue weighted by atomic mass is 10.3. The molecular formula is C11H11ClN4O2. The van der Waals surface area contributed by atoms with Crippen molar-refractivity contribution in [2.75, 3.05) is 7.11 Å². The first-order chi connectivity index (χ1) is 8.67. The summed E-state index contributed by atoms with van der Waals surface area (Å²) in [5.41, 5.74) is 1.58. The van der Waals surface area contributed by atoms with Crippen LogP contribution in [0, 0.1) is 6.92 Å². The molecule has 2 heterocycles. The normalized spacial score (nSPS) is 10.6. The summed E-state index contributed by atoms with van der Waals surface area (Å²) >= 11 is 6.11. The minimum Gasteiger partial charge on any atom is -0.378 e. The van der Waals surface area contributed by atoms with Gasteiger partial charge in [-0.2, -0.15) is 5.10 Å². The van der Waals surface area contributed by atoms with Gasteiger partial charge < -0.3 is 4.74 Å². The second-order valence-corrected chi connectivity index (χ2v) is 3.99. The van der Waals surface area contributed by atoms with Gasteiger partial charge in [-0.1, -0.05) is 11.6 Å². The molecule has 0 unspecified atom stereocenters. The Kier molecular flexibility index (Phi) is 3.69. The molecule has 0 saturated carbocycles. The predicted molar refractivity (Wildman–Crippen MR) is 65.0 cm³/mol. The van der Waals surface area contributed by atoms with Gasteiger partial charge in [0, 0.05) is 18.9 Å². The number of aryl methyl sites for hydroxylation is 1. The third-order valence-electron chi connectivity index (χ3n) is 2.35. The molecule has 0 spiro atoms. The average Bonchev–Trinajstić information content (AvgIpc) is 2.66. The summed E-state index contributed by atoms with van der Waals surface area (Å²) in [6.45, 7) is 2.05. The largest absolute Gasteiger partial charge is 0.378 e. The Morgan fingerprint density at radius 3 is 2.89 bits per heavy atom. The maximum atomic E-state index is 11.0. The Morgan fingerprint density at radius 1 is 1.50 bits per heavy atom. The first-order valence-corrected chi connectivity index (χ1v) is 5.55. The lowest BCUT2D eigenvalue weighted by Gasteiger charge is -2.01. The van der Waals surface area contributed by atoms with E-state index in [-0.39, 0.29) is 11.8 Å². The fourth-order valence-corrected chi connectivity index (χ4v) is 1.80. The minimum absolute atomic E-state index is 0.213. The highest BCUT2D eigenvalue weighted by atomic mass is 35.5. The molecule has 0 aliphatic rings. The molecule has 2 rings (SSSR count). The number of methoxy groups -OCH3 is 1. The van der Waals surface area contributed by atoms with Crippen LogP contribution in [-0.4, -0.2) is 33.1 Å². The van der Waals surface area contributed by atoms with E-state index in [1.165, 1.54) is 18.1 Å². The highest BCUT2D eigenvalue weighted by Gasteiger charge is 2.17. The molecule has 6 nitrogen and oxygen atoms in total. The zero-order chi connectivity index (χ0) is 13.1. The van der Waals surface area contributed by atoms with Gasteiger partial charge in [0.1, 0.15) is 17.2 Å². The molecule has 0 aliphatic heterocycles. The number of carbonyl (C=O) groups is 1. The molecule has 0 amide bonds. The van der Waals surface area contributed by atoms with Crippen molar-refractivity contribution in [2.24, 2.45) is 0 Å². The molecule has 0 N–H and O–H groups in total. The molecule has 0 aromatic carbocycles. The fourth-order valence-electron chi connectivity index (χ4n) is 1.52. The Labute approximate surface area is 109 Å². The van der Waals surface area contributed by atoms with E-state index in [9.17, 15) is 4.79 Å². The van der Waals surface area contributed by atoms with Gasteiger partial charge in [-0.15, -0.1) is 0 Å². The van der Waals surface area contributed by atoms with Crippen LogP contribution in [0.4, 0.5) is 0 Å². The monoisotopic (exact) mass is 266 g/mol. The molecular weight excluding hydrogens is 256 g/mol. The van der Waals surface area contributed by atoms with Crippen LogP contribution in [0.15, 0.2) is 12.4 Å². The van der Waals surface area contributed by atoms with Crippen molar-refractivity contribution in [3.8, 4) is 5.82 Å². The Bertz CT molecular complexity index is 582. The van der Waals surface area contributed by atoms with Crippen molar-refractivity contribution in [2.45, 2.75) is 13.5 Å². The van der Waals surface area contributed by atoms with E-state index < -0.39 is 0 Å². The zero-order valence-corrected chi connectivity index (χ0v) is 10.7. The minimum atomic E-state index is 0.213. The first kappa shape index (κ1) is 12.7. The van der Waals surface area contributed by atoms with E-state index in [0.717, 1.165) is 5.69 Å². The standard InChI is InChI=1S/C11H11ClN4O2/c1-7-3-10(14-6-13-7)16-11(12)8(4-17)9(15-16)5-18-2/h3-4,6H,5H2,1-2H3. The van der Waals surface area contributed by atoms with Gasteiger partial charge in [-0.05, 0) is 6.92 Å². The number of halogens is 1. The van der Waals surface area contributed by atoms with Gasteiger partial charge >= 0.3 is 0 Å². The van der Waals surface area contributed by atoms with Crippen LogP contribution in [0.2, 0.25) is 5.15 Å². The summed E-state index contributed by atoms with van der Waals surface area (Å²) in [4.78, 5) is 19.1. The van der Waals surface area contributed by atoms with E-state index in [2.05, 4.69) is 15.1 Å². The van der Waals surface area contributed by atoms with E-state index in [4.69, 9.17) is 16.3 Å². The number of nitrogens with zero attached hydrogens (tertiary/aromatic N) is 4. The number of aldehydes is 1. The van der Waals surface area contributed by atoms with Crippen LogP contribution in [0.25, 0.3) is 5.82 Å². The lowest BCUT2D eigenvalue weighted by molar-refractivity contribution is 0.111. The molecule has 0 saturated heterocycles. The van der Waals surface area contributed by atoms with Gasteiger partial charge in [-0.25, -0.2) is 14.6 Å². The van der Waals surface area contributed by atoms with E-state index >= 15 is 0 Å². The number of aromatic nitrogens is 4. The van der Waals surface area contributed by atoms with Crippen LogP contribution >= 0.6 is 11.6 Å². The summed E-state index contributed by atoms with van der Waals surface area (Å²) in [5, 5.41) is 4.44. The summed E-state index contributed by atoms with van der Waals surface area (Å²) in [6.07, 6.45) is 2.08. The number of carbonyl (C=O) groups excluding carboxylic acids is 1. The van der Waals surface area contributed by atoms with Crippen molar-refractivity contribution in [3.63, 3.8) is 0 Å². The topological polar surface area (TPSA) is 69.9 Å². The Hall–Kier alpha value is -1.79. The first-order valence-electron chi connectivity index (χ1n) is 5.18. The third kappa shape index (κ3) is 2.25. The highest BCUT2D eigenvalue weighted by Crippen LogP contribution is 2.22. The zero-order valence-electron chi connectivity index (χ0n) is 9.92. The van der Waals surface area contributed by atoms with Crippen LogP contribution in [-0.2, 0) is 11.3 Å². The molecule has 2 aromatic rings. The van der Waals surface area contributed by atoms with Crippen LogP contribution in [0.5, 0.6) is 0 Å². The number of hydrogen-bond acceptors (Lipinski definition) is 5. The van der Waals surface area contributed by atoms with Crippen LogP contribution in [0.3, 0.4) is 0 Å². The highest BCUT2D eigenvalue weighted by molar-refractivity contribution is 6.32. The van der Waals surface area contributed by atoms with E-state index in [1.54, 1.807) is 6.07 Å². The smallest absolute Gasteiger partial charge is 0.158 e. The van der Waals surface area contributed by atoms with Crippen LogP contribution in [0.1, 0.15) is 21.7 Å². The van der Waals surface area contributed by atoms with Crippen molar-refractivity contribution in [1.29, 1.82) is 0 Å². The van der Waals surface area contributed by atoms with Gasteiger partial charge in [0.2, 0.25) is 0 Å². The van der Waals surface area contributed by atoms with Gasteiger partial charge in [0.15, 0.2) is 12.1 Å². The number of ether oxygens (including phenoxy) is 1. The molecule has 0 fully saturated rings. The molecule has 0 atom stereocenters. The van der Waals surface area contributed by atoms with Gasteiger partial charge in [-0.3, -0.25) is 4.79 Å². The van der Waals surface area contributed by atoms with Crippen LogP contribution < -0.4 is 0 Å². The quantitative estimate of drug-likeness (QED) is 0.786. The Balaban J connectivity index is 2.54. The number of rotatable bonds is 4.